The lowest BCUT2D eigenvalue weighted by Gasteiger charge is -2.19. The van der Waals surface area contributed by atoms with Gasteiger partial charge in [0, 0.05) is 19.4 Å². The average Bonchev–Trinajstić information content (AvgIpc) is 3.38. The number of unbranched alkanes of at least 4 members (excludes halogenated alkanes) is 14. The minimum absolute atomic E-state index is 0.0402. The highest BCUT2D eigenvalue weighted by atomic mass is 31.2. The Kier molecular flexibility index (Phi) is 54.0. The molecule has 0 spiro atoms. The van der Waals surface area contributed by atoms with Crippen LogP contribution in [0.4, 0.5) is 0 Å². The van der Waals surface area contributed by atoms with E-state index in [0.29, 0.717) is 12.8 Å². The van der Waals surface area contributed by atoms with Gasteiger partial charge in [-0.05, 0) is 116 Å². The van der Waals surface area contributed by atoms with Crippen molar-refractivity contribution in [3.8, 4) is 0 Å². The number of rotatable bonds is 51. The predicted molar refractivity (Wildman–Crippen MR) is 311 cm³/mol. The van der Waals surface area contributed by atoms with Crippen molar-refractivity contribution in [1.29, 1.82) is 0 Å². The van der Waals surface area contributed by atoms with E-state index in [9.17, 15) is 19.0 Å². The second kappa shape index (κ2) is 57.2. The lowest BCUT2D eigenvalue weighted by Crippen LogP contribution is -2.29. The smallest absolute Gasteiger partial charge is 0.462 e. The third-order valence-electron chi connectivity index (χ3n) is 11.2. The zero-order valence-electron chi connectivity index (χ0n) is 45.8. The molecule has 0 aliphatic rings. The number of carbonyl (C=O) groups is 2. The lowest BCUT2D eigenvalue weighted by molar-refractivity contribution is -0.161. The van der Waals surface area contributed by atoms with Gasteiger partial charge in [0.25, 0.3) is 0 Å². The Hall–Kier alpha value is -4.11. The van der Waals surface area contributed by atoms with Crippen LogP contribution in [0.1, 0.15) is 206 Å². The molecular weight excluding hydrogens is 930 g/mol. The summed E-state index contributed by atoms with van der Waals surface area (Å²) in [7, 11) is -4.40. The van der Waals surface area contributed by atoms with Crippen LogP contribution < -0.4 is 5.73 Å². The molecule has 0 bridgehead atoms. The minimum atomic E-state index is -4.40. The SMILES string of the molecule is CC/C=C\C/C=C\C/C=C\C/C=C\C/C=C\C/C=C\C/C=C\C/C=C\CCCCCCCCCCCCCCC(=O)OC(COC(=O)CCCC/C=C\C/C=C\C/C=C\C/C=C\CC)COP(=O)(O)OCCN. The maximum Gasteiger partial charge on any atom is 0.472 e. The number of esters is 2. The molecule has 0 radical (unpaired) electrons. The predicted octanol–water partition coefficient (Wildman–Crippen LogP) is 18.0. The van der Waals surface area contributed by atoms with Crippen LogP contribution in [-0.4, -0.2) is 49.3 Å². The highest BCUT2D eigenvalue weighted by Gasteiger charge is 2.26. The van der Waals surface area contributed by atoms with Crippen molar-refractivity contribution in [3.63, 3.8) is 0 Å². The van der Waals surface area contributed by atoms with E-state index < -0.39 is 32.5 Å². The maximum atomic E-state index is 12.7. The Morgan fingerprint density at radius 1 is 0.411 bits per heavy atom. The van der Waals surface area contributed by atoms with Crippen LogP contribution in [0.5, 0.6) is 0 Å². The van der Waals surface area contributed by atoms with Crippen LogP contribution in [0.2, 0.25) is 0 Å². The van der Waals surface area contributed by atoms with E-state index in [1.165, 1.54) is 51.4 Å². The van der Waals surface area contributed by atoms with Gasteiger partial charge >= 0.3 is 19.8 Å². The largest absolute Gasteiger partial charge is 0.472 e. The van der Waals surface area contributed by atoms with Gasteiger partial charge in [-0.2, -0.15) is 0 Å². The molecule has 0 aromatic carbocycles. The summed E-state index contributed by atoms with van der Waals surface area (Å²) in [6, 6.07) is 0. The second-order valence-electron chi connectivity index (χ2n) is 18.0. The van der Waals surface area contributed by atoms with Crippen LogP contribution in [-0.2, 0) is 32.7 Å². The van der Waals surface area contributed by atoms with Gasteiger partial charge in [-0.25, -0.2) is 4.57 Å². The van der Waals surface area contributed by atoms with E-state index in [-0.39, 0.29) is 32.6 Å². The third-order valence-corrected chi connectivity index (χ3v) is 12.2. The highest BCUT2D eigenvalue weighted by molar-refractivity contribution is 7.47. The standard InChI is InChI=1S/C63H102NO8P/c1-3-5-7-9-11-13-15-17-19-20-21-22-23-24-25-26-27-28-29-30-31-32-33-34-35-36-37-38-39-40-42-44-46-48-50-52-54-56-63(66)72-61(60-71-73(67,68)70-58-57-64)59-69-62(65)55-53-51-49-47-45-43-41-18-16-14-12-10-8-6-4-2/h5-8,11-14,17-19,21-22,24-25,27-28,30-31,33-34,41,45,47,61H,3-4,9-10,15-16,20,23,26,29,32,35-40,42-44,46,48-60,64H2,1-2H3,(H,67,68)/b7-5-,8-6-,13-11-,14-12-,19-17-,22-21-,25-24-,28-27-,31-30-,34-33-,41-18-,47-45-. The zero-order valence-corrected chi connectivity index (χ0v) is 46.7. The molecule has 0 saturated heterocycles. The van der Waals surface area contributed by atoms with Gasteiger partial charge in [0.1, 0.15) is 6.61 Å². The number of nitrogens with two attached hydrogens (primary N) is 1. The molecule has 73 heavy (non-hydrogen) atoms. The normalized spacial score (nSPS) is 14.2. The Labute approximate surface area is 446 Å². The van der Waals surface area contributed by atoms with E-state index in [1.54, 1.807) is 0 Å². The fraction of sp³-hybridized carbons (Fsp3) is 0.587. The first-order valence-electron chi connectivity index (χ1n) is 28.3. The molecule has 0 rings (SSSR count). The molecule has 3 N–H and O–H groups in total. The van der Waals surface area contributed by atoms with Crippen LogP contribution in [0.25, 0.3) is 0 Å². The topological polar surface area (TPSA) is 134 Å². The molecule has 9 nitrogen and oxygen atoms in total. The monoisotopic (exact) mass is 1030 g/mol. The van der Waals surface area contributed by atoms with Crippen LogP contribution in [0.3, 0.4) is 0 Å². The summed E-state index contributed by atoms with van der Waals surface area (Å²) >= 11 is 0. The minimum Gasteiger partial charge on any atom is -0.462 e. The van der Waals surface area contributed by atoms with Gasteiger partial charge in [0.05, 0.1) is 13.2 Å². The van der Waals surface area contributed by atoms with Gasteiger partial charge in [-0.3, -0.25) is 18.6 Å². The number of hydrogen-bond donors (Lipinski definition) is 2. The van der Waals surface area contributed by atoms with Crippen LogP contribution >= 0.6 is 7.82 Å². The van der Waals surface area contributed by atoms with Crippen molar-refractivity contribution in [2.75, 3.05) is 26.4 Å². The second-order valence-corrected chi connectivity index (χ2v) is 19.5. The van der Waals surface area contributed by atoms with Crippen LogP contribution in [0.15, 0.2) is 146 Å². The van der Waals surface area contributed by atoms with Gasteiger partial charge in [-0.1, -0.05) is 224 Å². The highest BCUT2D eigenvalue weighted by Crippen LogP contribution is 2.43. The van der Waals surface area contributed by atoms with E-state index in [2.05, 4.69) is 160 Å². The van der Waals surface area contributed by atoms with Gasteiger partial charge in [-0.15, -0.1) is 0 Å². The van der Waals surface area contributed by atoms with E-state index in [4.69, 9.17) is 24.3 Å². The molecule has 0 aliphatic heterocycles. The summed E-state index contributed by atoms with van der Waals surface area (Å²) in [5.74, 6) is -0.889. The van der Waals surface area contributed by atoms with E-state index >= 15 is 0 Å². The molecule has 0 aromatic rings. The Morgan fingerprint density at radius 3 is 1.08 bits per heavy atom. The molecule has 412 valence electrons. The first-order chi connectivity index (χ1) is 35.8. The average molecular weight is 1030 g/mol. The summed E-state index contributed by atoms with van der Waals surface area (Å²) in [5, 5.41) is 0. The zero-order chi connectivity index (χ0) is 53.1. The lowest BCUT2D eigenvalue weighted by atomic mass is 10.0. The van der Waals surface area contributed by atoms with Gasteiger partial charge < -0.3 is 20.1 Å². The van der Waals surface area contributed by atoms with Crippen LogP contribution in [0, 0.1) is 0 Å². The van der Waals surface area contributed by atoms with Crippen molar-refractivity contribution in [3.05, 3.63) is 146 Å². The molecular formula is C63H102NO8P. The number of hydrogen-bond acceptors (Lipinski definition) is 8. The Bertz CT molecular complexity index is 1700. The Balaban J connectivity index is 3.99. The number of allylic oxidation sites excluding steroid dienone is 24. The van der Waals surface area contributed by atoms with Crippen molar-refractivity contribution < 1.29 is 37.6 Å². The third kappa shape index (κ3) is 57.0. The molecule has 0 aromatic heterocycles. The van der Waals surface area contributed by atoms with Gasteiger partial charge in [0.2, 0.25) is 0 Å². The summed E-state index contributed by atoms with van der Waals surface area (Å²) in [4.78, 5) is 35.1. The maximum absolute atomic E-state index is 12.7. The van der Waals surface area contributed by atoms with Crippen molar-refractivity contribution in [2.24, 2.45) is 5.73 Å². The summed E-state index contributed by atoms with van der Waals surface area (Å²) in [5.41, 5.74) is 5.37. The fourth-order valence-corrected chi connectivity index (χ4v) is 7.88. The summed E-state index contributed by atoms with van der Waals surface area (Å²) in [6.07, 6.45) is 82.0. The first-order valence-corrected chi connectivity index (χ1v) is 29.8. The summed E-state index contributed by atoms with van der Waals surface area (Å²) in [6.45, 7) is 3.44. The molecule has 0 heterocycles. The van der Waals surface area contributed by atoms with Crippen molar-refractivity contribution in [2.45, 2.75) is 213 Å². The Morgan fingerprint density at radius 2 is 0.712 bits per heavy atom. The first kappa shape index (κ1) is 68.9. The quantitative estimate of drug-likeness (QED) is 0.0264. The molecule has 0 fully saturated rings. The molecule has 2 unspecified atom stereocenters. The molecule has 10 heteroatoms. The molecule has 0 aliphatic carbocycles. The summed E-state index contributed by atoms with van der Waals surface area (Å²) < 4.78 is 32.9. The van der Waals surface area contributed by atoms with Gasteiger partial charge in [0.15, 0.2) is 6.10 Å². The van der Waals surface area contributed by atoms with Crippen molar-refractivity contribution in [1.82, 2.24) is 0 Å². The number of ether oxygens (including phenoxy) is 2. The van der Waals surface area contributed by atoms with E-state index in [0.717, 1.165) is 116 Å². The number of carbonyl (C=O) groups excluding carboxylic acids is 2. The molecule has 2 atom stereocenters. The van der Waals surface area contributed by atoms with Crippen molar-refractivity contribution >= 4 is 19.8 Å². The number of phosphoric ester groups is 1. The van der Waals surface area contributed by atoms with E-state index in [1.807, 2.05) is 0 Å². The fourth-order valence-electron chi connectivity index (χ4n) is 7.11. The number of phosphoric acid groups is 1. The molecule has 0 saturated carbocycles. The molecule has 0 amide bonds.